The molecule has 1 fully saturated rings. The average molecular weight is 257 g/mol. The second-order valence-electron chi connectivity index (χ2n) is 5.75. The predicted molar refractivity (Wildman–Crippen MR) is 84.3 cm³/mol. The molecule has 1 aromatic carbocycles. The molecule has 1 heteroatoms. The van der Waals surface area contributed by atoms with Crippen LogP contribution in [0.15, 0.2) is 29.8 Å². The Morgan fingerprint density at radius 3 is 2.74 bits per heavy atom. The van der Waals surface area contributed by atoms with Gasteiger partial charge in [-0.1, -0.05) is 67.7 Å². The van der Waals surface area contributed by atoms with E-state index < -0.39 is 0 Å². The molecule has 0 radical (unpaired) electrons. The quantitative estimate of drug-likeness (QED) is 0.815. The molecule has 0 bridgehead atoms. The molecule has 1 aliphatic rings. The van der Waals surface area contributed by atoms with Crippen LogP contribution in [0.25, 0.3) is 6.08 Å². The maximum Gasteiger partial charge on any atom is 0.0170 e. The monoisotopic (exact) mass is 257 g/mol. The van der Waals surface area contributed by atoms with Crippen LogP contribution in [-0.2, 0) is 0 Å². The first-order chi connectivity index (χ1) is 9.29. The van der Waals surface area contributed by atoms with E-state index in [0.29, 0.717) is 0 Å². The molecule has 0 amide bonds. The Morgan fingerprint density at radius 1 is 1.26 bits per heavy atom. The number of hydrogen-bond acceptors (Lipinski definition) is 1. The number of hydrogen-bond donors (Lipinski definition) is 1. The first-order valence-electron chi connectivity index (χ1n) is 7.77. The molecular weight excluding hydrogens is 230 g/mol. The van der Waals surface area contributed by atoms with Crippen LogP contribution >= 0.6 is 0 Å². The van der Waals surface area contributed by atoms with Gasteiger partial charge in [-0.05, 0) is 37.8 Å². The third-order valence-electron chi connectivity index (χ3n) is 4.10. The molecule has 1 N–H and O–H groups in total. The molecule has 2 rings (SSSR count). The van der Waals surface area contributed by atoms with Crippen molar-refractivity contribution in [3.05, 3.63) is 41.0 Å². The molecule has 1 aromatic rings. The van der Waals surface area contributed by atoms with E-state index in [2.05, 4.69) is 49.5 Å². The summed E-state index contributed by atoms with van der Waals surface area (Å²) in [5, 5.41) is 3.51. The second kappa shape index (κ2) is 7.49. The standard InChI is InChI=1S/C18H27N/c1-3-19-14-18(17-10-5-4-6-11-17)13-16-9-7-8-15(2)12-16/h7-9,12-13,17,19H,3-6,10-11,14H2,1-2H3. The number of likely N-dealkylation sites (N-methyl/N-ethyl adjacent to an activating group) is 1. The lowest BCUT2D eigenvalue weighted by Gasteiger charge is -2.25. The first kappa shape index (κ1) is 14.3. The Balaban J connectivity index is 2.15. The Labute approximate surface area is 118 Å². The molecule has 0 heterocycles. The number of benzene rings is 1. The van der Waals surface area contributed by atoms with Crippen LogP contribution in [0.4, 0.5) is 0 Å². The normalized spacial score (nSPS) is 17.7. The highest BCUT2D eigenvalue weighted by Crippen LogP contribution is 2.30. The Kier molecular flexibility index (Phi) is 5.65. The zero-order valence-electron chi connectivity index (χ0n) is 12.4. The van der Waals surface area contributed by atoms with Crippen LogP contribution in [0.2, 0.25) is 0 Å². The smallest absolute Gasteiger partial charge is 0.0170 e. The van der Waals surface area contributed by atoms with Gasteiger partial charge in [0.1, 0.15) is 0 Å². The van der Waals surface area contributed by atoms with Gasteiger partial charge in [0, 0.05) is 6.54 Å². The summed E-state index contributed by atoms with van der Waals surface area (Å²) in [6.07, 6.45) is 9.41. The Bertz CT molecular complexity index is 413. The molecule has 1 nitrogen and oxygen atoms in total. The van der Waals surface area contributed by atoms with Gasteiger partial charge in [-0.3, -0.25) is 0 Å². The van der Waals surface area contributed by atoms with Crippen LogP contribution in [0.5, 0.6) is 0 Å². The van der Waals surface area contributed by atoms with Crippen molar-refractivity contribution in [2.24, 2.45) is 5.92 Å². The van der Waals surface area contributed by atoms with Crippen molar-refractivity contribution in [1.29, 1.82) is 0 Å². The Morgan fingerprint density at radius 2 is 2.05 bits per heavy atom. The predicted octanol–water partition coefficient (Wildman–Crippen LogP) is 4.57. The summed E-state index contributed by atoms with van der Waals surface area (Å²) in [6, 6.07) is 8.84. The fourth-order valence-corrected chi connectivity index (χ4v) is 3.03. The summed E-state index contributed by atoms with van der Waals surface area (Å²) in [7, 11) is 0. The lowest BCUT2D eigenvalue weighted by atomic mass is 9.83. The van der Waals surface area contributed by atoms with Crippen LogP contribution in [0.1, 0.15) is 50.2 Å². The topological polar surface area (TPSA) is 12.0 Å². The minimum atomic E-state index is 0.799. The van der Waals surface area contributed by atoms with Gasteiger partial charge in [-0.2, -0.15) is 0 Å². The summed E-state index contributed by atoms with van der Waals surface area (Å²) in [6.45, 7) is 6.46. The third-order valence-corrected chi connectivity index (χ3v) is 4.10. The third kappa shape index (κ3) is 4.50. The van der Waals surface area contributed by atoms with E-state index in [9.17, 15) is 0 Å². The van der Waals surface area contributed by atoms with Crippen LogP contribution < -0.4 is 5.32 Å². The number of aryl methyl sites for hydroxylation is 1. The summed E-state index contributed by atoms with van der Waals surface area (Å²) in [5.74, 6) is 0.799. The van der Waals surface area contributed by atoms with E-state index in [1.54, 1.807) is 5.57 Å². The summed E-state index contributed by atoms with van der Waals surface area (Å²) < 4.78 is 0. The lowest BCUT2D eigenvalue weighted by molar-refractivity contribution is 0.397. The first-order valence-corrected chi connectivity index (χ1v) is 7.77. The van der Waals surface area contributed by atoms with Gasteiger partial charge in [0.25, 0.3) is 0 Å². The molecular formula is C18H27N. The molecule has 104 valence electrons. The average Bonchev–Trinajstić information content (AvgIpc) is 2.44. The van der Waals surface area contributed by atoms with Crippen molar-refractivity contribution in [2.45, 2.75) is 46.0 Å². The zero-order chi connectivity index (χ0) is 13.5. The molecule has 1 aliphatic carbocycles. The summed E-state index contributed by atoms with van der Waals surface area (Å²) >= 11 is 0. The molecule has 0 aromatic heterocycles. The highest BCUT2D eigenvalue weighted by molar-refractivity contribution is 5.54. The zero-order valence-corrected chi connectivity index (χ0v) is 12.4. The maximum atomic E-state index is 3.51. The van der Waals surface area contributed by atoms with Crippen LogP contribution in [0.3, 0.4) is 0 Å². The molecule has 0 atom stereocenters. The van der Waals surface area contributed by atoms with Gasteiger partial charge in [0.2, 0.25) is 0 Å². The van der Waals surface area contributed by atoms with E-state index in [1.165, 1.54) is 43.2 Å². The minimum absolute atomic E-state index is 0.799. The van der Waals surface area contributed by atoms with Crippen molar-refractivity contribution < 1.29 is 0 Å². The van der Waals surface area contributed by atoms with Gasteiger partial charge in [0.15, 0.2) is 0 Å². The van der Waals surface area contributed by atoms with E-state index in [-0.39, 0.29) is 0 Å². The van der Waals surface area contributed by atoms with E-state index in [0.717, 1.165) is 19.0 Å². The van der Waals surface area contributed by atoms with E-state index >= 15 is 0 Å². The van der Waals surface area contributed by atoms with Crippen molar-refractivity contribution in [3.8, 4) is 0 Å². The molecule has 19 heavy (non-hydrogen) atoms. The van der Waals surface area contributed by atoms with E-state index in [4.69, 9.17) is 0 Å². The fourth-order valence-electron chi connectivity index (χ4n) is 3.03. The maximum absolute atomic E-state index is 3.51. The van der Waals surface area contributed by atoms with Gasteiger partial charge in [0.05, 0.1) is 0 Å². The molecule has 0 spiro atoms. The SMILES string of the molecule is CCNCC(=Cc1cccc(C)c1)C1CCCCC1. The van der Waals surface area contributed by atoms with Gasteiger partial charge in [-0.15, -0.1) is 0 Å². The Hall–Kier alpha value is -1.08. The van der Waals surface area contributed by atoms with Crippen LogP contribution in [0, 0.1) is 12.8 Å². The number of nitrogens with one attached hydrogen (secondary N) is 1. The largest absolute Gasteiger partial charge is 0.313 e. The van der Waals surface area contributed by atoms with Crippen LogP contribution in [-0.4, -0.2) is 13.1 Å². The minimum Gasteiger partial charge on any atom is -0.313 e. The molecule has 0 aliphatic heterocycles. The molecule has 1 saturated carbocycles. The van der Waals surface area contributed by atoms with Crippen molar-refractivity contribution >= 4 is 6.08 Å². The van der Waals surface area contributed by atoms with Crippen molar-refractivity contribution in [1.82, 2.24) is 5.32 Å². The highest BCUT2D eigenvalue weighted by Gasteiger charge is 2.17. The fraction of sp³-hybridized carbons (Fsp3) is 0.556. The molecule has 0 saturated heterocycles. The van der Waals surface area contributed by atoms with Gasteiger partial charge in [-0.25, -0.2) is 0 Å². The number of rotatable bonds is 5. The van der Waals surface area contributed by atoms with Crippen molar-refractivity contribution in [3.63, 3.8) is 0 Å². The summed E-state index contributed by atoms with van der Waals surface area (Å²) in [5.41, 5.74) is 4.31. The van der Waals surface area contributed by atoms with Gasteiger partial charge >= 0.3 is 0 Å². The second-order valence-corrected chi connectivity index (χ2v) is 5.75. The van der Waals surface area contributed by atoms with Crippen molar-refractivity contribution in [2.75, 3.05) is 13.1 Å². The molecule has 0 unspecified atom stereocenters. The van der Waals surface area contributed by atoms with Gasteiger partial charge < -0.3 is 5.32 Å². The lowest BCUT2D eigenvalue weighted by Crippen LogP contribution is -2.22. The van der Waals surface area contributed by atoms with E-state index in [1.807, 2.05) is 0 Å². The highest BCUT2D eigenvalue weighted by atomic mass is 14.8. The summed E-state index contributed by atoms with van der Waals surface area (Å²) in [4.78, 5) is 0.